The first kappa shape index (κ1) is 13.7. The number of nitrogens with one attached hydrogen (secondary N) is 2. The molecule has 0 saturated carbocycles. The molecule has 0 aliphatic carbocycles. The number of thiophene rings is 1. The second-order valence-electron chi connectivity index (χ2n) is 3.87. The molecular formula is C12H11N5O2S2. The number of aromatic nitrogens is 4. The van der Waals surface area contributed by atoms with Crippen molar-refractivity contribution < 1.29 is 9.53 Å². The van der Waals surface area contributed by atoms with E-state index >= 15 is 0 Å². The Morgan fingerprint density at radius 1 is 1.43 bits per heavy atom. The van der Waals surface area contributed by atoms with Gasteiger partial charge in [-0.05, 0) is 18.4 Å². The van der Waals surface area contributed by atoms with Crippen molar-refractivity contribution in [3.63, 3.8) is 0 Å². The van der Waals surface area contributed by atoms with Crippen LogP contribution in [0, 0.1) is 0 Å². The van der Waals surface area contributed by atoms with Crippen LogP contribution >= 0.6 is 22.7 Å². The number of rotatable bonds is 5. The van der Waals surface area contributed by atoms with E-state index in [1.807, 2.05) is 24.4 Å². The molecule has 3 heterocycles. The van der Waals surface area contributed by atoms with Gasteiger partial charge < -0.3 is 4.74 Å². The zero-order chi connectivity index (χ0) is 14.7. The summed E-state index contributed by atoms with van der Waals surface area (Å²) in [4.78, 5) is 21.4. The Bertz CT molecular complexity index is 735. The number of hydrogen-bond donors (Lipinski definition) is 2. The monoisotopic (exact) mass is 321 g/mol. The van der Waals surface area contributed by atoms with E-state index in [9.17, 15) is 4.79 Å². The van der Waals surface area contributed by atoms with Crippen LogP contribution in [-0.4, -0.2) is 32.7 Å². The minimum Gasteiger partial charge on any atom is -0.463 e. The molecule has 0 fully saturated rings. The van der Waals surface area contributed by atoms with Crippen LogP contribution < -0.4 is 10.1 Å². The SMILES string of the molecule is CCOc1n[nH]c(NC(=O)c2csc(-c3cccs3)n2)n1. The van der Waals surface area contributed by atoms with Crippen molar-refractivity contribution >= 4 is 34.5 Å². The second-order valence-corrected chi connectivity index (χ2v) is 5.67. The van der Waals surface area contributed by atoms with Gasteiger partial charge in [-0.2, -0.15) is 4.98 Å². The Morgan fingerprint density at radius 3 is 3.10 bits per heavy atom. The Hall–Kier alpha value is -2.26. The van der Waals surface area contributed by atoms with Crippen LogP contribution in [0.4, 0.5) is 5.95 Å². The van der Waals surface area contributed by atoms with Gasteiger partial charge in [0.2, 0.25) is 5.95 Å². The zero-order valence-corrected chi connectivity index (χ0v) is 12.6. The van der Waals surface area contributed by atoms with Crippen LogP contribution in [0.25, 0.3) is 9.88 Å². The maximum atomic E-state index is 12.1. The van der Waals surface area contributed by atoms with E-state index < -0.39 is 0 Å². The third-order valence-electron chi connectivity index (χ3n) is 2.44. The van der Waals surface area contributed by atoms with E-state index in [0.29, 0.717) is 12.3 Å². The van der Waals surface area contributed by atoms with Crippen molar-refractivity contribution in [3.8, 4) is 15.9 Å². The van der Waals surface area contributed by atoms with E-state index in [4.69, 9.17) is 4.74 Å². The molecule has 3 aromatic heterocycles. The molecule has 1 amide bonds. The van der Waals surface area contributed by atoms with E-state index in [1.165, 1.54) is 11.3 Å². The van der Waals surface area contributed by atoms with Crippen LogP contribution in [0.5, 0.6) is 6.01 Å². The number of ether oxygens (including phenoxy) is 1. The second kappa shape index (κ2) is 6.02. The smallest absolute Gasteiger partial charge is 0.337 e. The summed E-state index contributed by atoms with van der Waals surface area (Å²) in [5.74, 6) is -0.109. The molecule has 0 unspecified atom stereocenters. The fourth-order valence-electron chi connectivity index (χ4n) is 1.56. The average molecular weight is 321 g/mol. The van der Waals surface area contributed by atoms with Crippen molar-refractivity contribution in [3.05, 3.63) is 28.6 Å². The molecule has 3 rings (SSSR count). The Labute approximate surface area is 128 Å². The summed E-state index contributed by atoms with van der Waals surface area (Å²) in [6.45, 7) is 2.29. The minimum atomic E-state index is -0.340. The Kier molecular flexibility index (Phi) is 3.93. The normalized spacial score (nSPS) is 10.5. The summed E-state index contributed by atoms with van der Waals surface area (Å²) in [7, 11) is 0. The van der Waals surface area contributed by atoms with Gasteiger partial charge in [0.1, 0.15) is 10.7 Å². The number of aromatic amines is 1. The molecule has 0 spiro atoms. The predicted octanol–water partition coefficient (Wildman–Crippen LogP) is 2.64. The number of nitrogens with zero attached hydrogens (tertiary/aromatic N) is 3. The average Bonchev–Trinajstić information content (AvgIpc) is 3.20. The summed E-state index contributed by atoms with van der Waals surface area (Å²) in [6.07, 6.45) is 0. The third-order valence-corrected chi connectivity index (χ3v) is 4.32. The maximum Gasteiger partial charge on any atom is 0.337 e. The van der Waals surface area contributed by atoms with Crippen LogP contribution in [-0.2, 0) is 0 Å². The lowest BCUT2D eigenvalue weighted by atomic mass is 10.4. The van der Waals surface area contributed by atoms with Gasteiger partial charge in [0, 0.05) is 5.38 Å². The largest absolute Gasteiger partial charge is 0.463 e. The van der Waals surface area contributed by atoms with Gasteiger partial charge in [-0.1, -0.05) is 6.07 Å². The lowest BCUT2D eigenvalue weighted by molar-refractivity contribution is 0.102. The van der Waals surface area contributed by atoms with E-state index in [2.05, 4.69) is 25.5 Å². The van der Waals surface area contributed by atoms with Crippen LogP contribution in [0.2, 0.25) is 0 Å². The van der Waals surface area contributed by atoms with E-state index in [1.54, 1.807) is 16.7 Å². The standard InChI is InChI=1S/C12H11N5O2S2/c1-2-19-12-15-11(16-17-12)14-9(18)7-6-21-10(13-7)8-4-3-5-20-8/h3-6H,2H2,1H3,(H2,14,15,16,17,18). The van der Waals surface area contributed by atoms with Gasteiger partial charge in [0.05, 0.1) is 11.5 Å². The van der Waals surface area contributed by atoms with Gasteiger partial charge in [0.25, 0.3) is 5.91 Å². The van der Waals surface area contributed by atoms with Crippen LogP contribution in [0.3, 0.4) is 0 Å². The molecule has 0 bridgehead atoms. The number of thiazole rings is 1. The molecule has 21 heavy (non-hydrogen) atoms. The maximum absolute atomic E-state index is 12.1. The highest BCUT2D eigenvalue weighted by atomic mass is 32.1. The summed E-state index contributed by atoms with van der Waals surface area (Å²) in [5, 5.41) is 13.5. The van der Waals surface area contributed by atoms with Crippen LogP contribution in [0.1, 0.15) is 17.4 Å². The van der Waals surface area contributed by atoms with E-state index in [-0.39, 0.29) is 17.9 Å². The molecular weight excluding hydrogens is 310 g/mol. The molecule has 0 aliphatic rings. The fraction of sp³-hybridized carbons (Fsp3) is 0.167. The molecule has 0 saturated heterocycles. The summed E-state index contributed by atoms with van der Waals surface area (Å²) in [6, 6.07) is 4.12. The zero-order valence-electron chi connectivity index (χ0n) is 11.0. The molecule has 0 aromatic carbocycles. The molecule has 0 radical (unpaired) electrons. The number of amides is 1. The minimum absolute atomic E-state index is 0.199. The molecule has 108 valence electrons. The van der Waals surface area contributed by atoms with Gasteiger partial charge in [-0.25, -0.2) is 10.1 Å². The number of anilines is 1. The summed E-state index contributed by atoms with van der Waals surface area (Å²) in [5.41, 5.74) is 0.345. The highest BCUT2D eigenvalue weighted by molar-refractivity contribution is 7.20. The first-order valence-corrected chi connectivity index (χ1v) is 7.88. The molecule has 2 N–H and O–H groups in total. The van der Waals surface area contributed by atoms with Crippen molar-refractivity contribution in [2.24, 2.45) is 0 Å². The first-order valence-electron chi connectivity index (χ1n) is 6.12. The highest BCUT2D eigenvalue weighted by Crippen LogP contribution is 2.27. The fourth-order valence-corrected chi connectivity index (χ4v) is 3.17. The van der Waals surface area contributed by atoms with Gasteiger partial charge in [0.15, 0.2) is 0 Å². The first-order chi connectivity index (χ1) is 10.3. The number of carbonyl (C=O) groups excluding carboxylic acids is 1. The van der Waals surface area contributed by atoms with Gasteiger partial charge >= 0.3 is 6.01 Å². The third kappa shape index (κ3) is 3.09. The molecule has 0 atom stereocenters. The molecule has 0 aliphatic heterocycles. The Balaban J connectivity index is 1.70. The van der Waals surface area contributed by atoms with E-state index in [0.717, 1.165) is 9.88 Å². The van der Waals surface area contributed by atoms with Gasteiger partial charge in [-0.15, -0.1) is 27.8 Å². The molecule has 7 nitrogen and oxygen atoms in total. The lowest BCUT2D eigenvalue weighted by Gasteiger charge is -1.97. The van der Waals surface area contributed by atoms with Crippen molar-refractivity contribution in [1.82, 2.24) is 20.2 Å². The lowest BCUT2D eigenvalue weighted by Crippen LogP contribution is -2.13. The summed E-state index contributed by atoms with van der Waals surface area (Å²) < 4.78 is 5.11. The Morgan fingerprint density at radius 2 is 2.33 bits per heavy atom. The predicted molar refractivity (Wildman–Crippen MR) is 80.9 cm³/mol. The quantitative estimate of drug-likeness (QED) is 0.753. The highest BCUT2D eigenvalue weighted by Gasteiger charge is 2.14. The topological polar surface area (TPSA) is 92.8 Å². The van der Waals surface area contributed by atoms with Crippen molar-refractivity contribution in [2.75, 3.05) is 11.9 Å². The van der Waals surface area contributed by atoms with Crippen LogP contribution in [0.15, 0.2) is 22.9 Å². The number of H-pyrrole nitrogens is 1. The number of hydrogen-bond acceptors (Lipinski definition) is 7. The number of carbonyl (C=O) groups is 1. The molecule has 3 aromatic rings. The summed E-state index contributed by atoms with van der Waals surface area (Å²) >= 11 is 3.01. The van der Waals surface area contributed by atoms with Crippen molar-refractivity contribution in [2.45, 2.75) is 6.92 Å². The molecule has 9 heteroatoms. The van der Waals surface area contributed by atoms with Crippen molar-refractivity contribution in [1.29, 1.82) is 0 Å². The van der Waals surface area contributed by atoms with Gasteiger partial charge in [-0.3, -0.25) is 10.1 Å².